The van der Waals surface area contributed by atoms with Crippen LogP contribution in [-0.2, 0) is 34.0 Å². The first kappa shape index (κ1) is 19.6. The lowest BCUT2D eigenvalue weighted by Crippen LogP contribution is -2.18. The zero-order valence-electron chi connectivity index (χ0n) is 15.6. The molecule has 0 aliphatic heterocycles. The molecule has 0 unspecified atom stereocenters. The number of carbonyl (C=O) groups is 1. The lowest BCUT2D eigenvalue weighted by atomic mass is 10.1. The van der Waals surface area contributed by atoms with Crippen LogP contribution in [0.3, 0.4) is 0 Å². The summed E-state index contributed by atoms with van der Waals surface area (Å²) < 4.78 is 25.1. The number of carbonyl (C=O) groups excluding carboxylic acids is 1. The summed E-state index contributed by atoms with van der Waals surface area (Å²) in [4.78, 5) is 12.5. The van der Waals surface area contributed by atoms with E-state index in [2.05, 4.69) is 10.6 Å². The van der Waals surface area contributed by atoms with E-state index in [9.17, 15) is 13.2 Å². The summed E-state index contributed by atoms with van der Waals surface area (Å²) in [7, 11) is -3.46. The van der Waals surface area contributed by atoms with E-state index in [1.165, 1.54) is 5.56 Å². The molecule has 1 amide bonds. The minimum Gasteiger partial charge on any atom is -0.326 e. The Morgan fingerprint density at radius 3 is 2.70 bits per heavy atom. The Hall–Kier alpha value is -2.18. The molecule has 5 nitrogen and oxygen atoms in total. The normalized spacial score (nSPS) is 13.4. The Kier molecular flexibility index (Phi) is 6.29. The van der Waals surface area contributed by atoms with Crippen molar-refractivity contribution in [3.8, 4) is 0 Å². The molecule has 144 valence electrons. The number of hydrogen-bond acceptors (Lipinski definition) is 4. The highest BCUT2D eigenvalue weighted by atomic mass is 32.2. The van der Waals surface area contributed by atoms with E-state index in [1.54, 1.807) is 12.1 Å². The van der Waals surface area contributed by atoms with Gasteiger partial charge in [0.2, 0.25) is 5.91 Å². The molecule has 0 saturated heterocycles. The number of hydrogen-bond donors (Lipinski definition) is 2. The molecule has 0 bridgehead atoms. The molecular formula is C21H26N2O3S. The average molecular weight is 387 g/mol. The molecule has 0 saturated carbocycles. The zero-order valence-corrected chi connectivity index (χ0v) is 16.4. The molecule has 0 fully saturated rings. The van der Waals surface area contributed by atoms with E-state index < -0.39 is 9.84 Å². The van der Waals surface area contributed by atoms with Crippen molar-refractivity contribution in [3.63, 3.8) is 0 Å². The van der Waals surface area contributed by atoms with Gasteiger partial charge in [0.15, 0.2) is 9.84 Å². The van der Waals surface area contributed by atoms with Crippen LogP contribution < -0.4 is 10.6 Å². The van der Waals surface area contributed by atoms with Gasteiger partial charge in [0.05, 0.1) is 10.6 Å². The summed E-state index contributed by atoms with van der Waals surface area (Å²) in [5.74, 6) is -0.477. The minimum absolute atomic E-state index is 0.0587. The van der Waals surface area contributed by atoms with Crippen LogP contribution in [0.2, 0.25) is 0 Å². The second kappa shape index (κ2) is 8.67. The fraction of sp³-hybridized carbons (Fsp3) is 0.381. The quantitative estimate of drug-likeness (QED) is 0.731. The molecule has 2 aromatic carbocycles. The monoisotopic (exact) mass is 386 g/mol. The molecule has 1 aliphatic carbocycles. The standard InChI is InChI=1S/C21H26N2O3S/c1-2-22-15-16-5-3-8-19(13-16)23-21(24)11-12-27(25,26)20-10-9-17-6-4-7-18(17)14-20/h3,5,8-10,13-14,22H,2,4,6-7,11-12,15H2,1H3,(H,23,24). The number of anilines is 1. The summed E-state index contributed by atoms with van der Waals surface area (Å²) in [6.07, 6.45) is 2.97. The summed E-state index contributed by atoms with van der Waals surface area (Å²) in [5, 5.41) is 6.03. The maximum Gasteiger partial charge on any atom is 0.225 e. The van der Waals surface area contributed by atoms with E-state index in [1.807, 2.05) is 37.3 Å². The largest absolute Gasteiger partial charge is 0.326 e. The van der Waals surface area contributed by atoms with Crippen molar-refractivity contribution >= 4 is 21.4 Å². The van der Waals surface area contributed by atoms with Gasteiger partial charge in [-0.25, -0.2) is 8.42 Å². The topological polar surface area (TPSA) is 75.3 Å². The molecule has 6 heteroatoms. The number of sulfone groups is 1. The SMILES string of the molecule is CCNCc1cccc(NC(=O)CCS(=O)(=O)c2ccc3c(c2)CCC3)c1. The number of fused-ring (bicyclic) bond motifs is 1. The predicted octanol–water partition coefficient (Wildman–Crippen LogP) is 3.09. The third-order valence-electron chi connectivity index (χ3n) is 4.82. The number of aryl methyl sites for hydroxylation is 2. The molecule has 2 aromatic rings. The maximum absolute atomic E-state index is 12.6. The molecule has 27 heavy (non-hydrogen) atoms. The van der Waals surface area contributed by atoms with E-state index in [4.69, 9.17) is 0 Å². The first-order chi connectivity index (χ1) is 13.0. The Balaban J connectivity index is 1.58. The third-order valence-corrected chi connectivity index (χ3v) is 6.53. The third kappa shape index (κ3) is 5.17. The van der Waals surface area contributed by atoms with E-state index in [-0.39, 0.29) is 18.1 Å². The lowest BCUT2D eigenvalue weighted by molar-refractivity contribution is -0.115. The van der Waals surface area contributed by atoms with E-state index in [0.717, 1.165) is 43.5 Å². The molecule has 3 rings (SSSR count). The summed E-state index contributed by atoms with van der Waals surface area (Å²) in [5.41, 5.74) is 4.12. The van der Waals surface area contributed by atoms with Crippen LogP contribution in [0.25, 0.3) is 0 Å². The van der Waals surface area contributed by atoms with Gasteiger partial charge >= 0.3 is 0 Å². The van der Waals surface area contributed by atoms with Crippen molar-refractivity contribution in [1.29, 1.82) is 0 Å². The summed E-state index contributed by atoms with van der Waals surface area (Å²) in [6.45, 7) is 3.64. The number of benzene rings is 2. The Morgan fingerprint density at radius 1 is 1.07 bits per heavy atom. The molecule has 0 radical (unpaired) electrons. The lowest BCUT2D eigenvalue weighted by Gasteiger charge is -2.09. The van der Waals surface area contributed by atoms with Crippen molar-refractivity contribution in [2.45, 2.75) is 44.0 Å². The van der Waals surface area contributed by atoms with Crippen LogP contribution in [0.5, 0.6) is 0 Å². The van der Waals surface area contributed by atoms with E-state index >= 15 is 0 Å². The van der Waals surface area contributed by atoms with Gasteiger partial charge in [0.25, 0.3) is 0 Å². The van der Waals surface area contributed by atoms with Gasteiger partial charge in [-0.2, -0.15) is 0 Å². The molecule has 0 atom stereocenters. The maximum atomic E-state index is 12.6. The minimum atomic E-state index is -3.46. The number of rotatable bonds is 8. The predicted molar refractivity (Wildman–Crippen MR) is 108 cm³/mol. The Bertz CT molecular complexity index is 923. The van der Waals surface area contributed by atoms with Crippen molar-refractivity contribution in [2.24, 2.45) is 0 Å². The molecule has 0 heterocycles. The molecule has 0 spiro atoms. The second-order valence-corrected chi connectivity index (χ2v) is 8.99. The summed E-state index contributed by atoms with van der Waals surface area (Å²) in [6, 6.07) is 12.9. The first-order valence-corrected chi connectivity index (χ1v) is 11.1. The van der Waals surface area contributed by atoms with Crippen LogP contribution in [0.1, 0.15) is 36.5 Å². The van der Waals surface area contributed by atoms with Gasteiger partial charge in [-0.15, -0.1) is 0 Å². The zero-order chi connectivity index (χ0) is 19.3. The van der Waals surface area contributed by atoms with Crippen LogP contribution in [0, 0.1) is 0 Å². The van der Waals surface area contributed by atoms with Crippen LogP contribution in [0.15, 0.2) is 47.4 Å². The fourth-order valence-electron chi connectivity index (χ4n) is 3.34. The smallest absolute Gasteiger partial charge is 0.225 e. The summed E-state index contributed by atoms with van der Waals surface area (Å²) >= 11 is 0. The fourth-order valence-corrected chi connectivity index (χ4v) is 4.63. The average Bonchev–Trinajstić information content (AvgIpc) is 3.13. The van der Waals surface area contributed by atoms with Gasteiger partial charge in [-0.3, -0.25) is 4.79 Å². The molecular weight excluding hydrogens is 360 g/mol. The molecule has 2 N–H and O–H groups in total. The van der Waals surface area contributed by atoms with Crippen LogP contribution >= 0.6 is 0 Å². The van der Waals surface area contributed by atoms with Crippen LogP contribution in [-0.4, -0.2) is 26.6 Å². The van der Waals surface area contributed by atoms with Gasteiger partial charge in [-0.1, -0.05) is 25.1 Å². The highest BCUT2D eigenvalue weighted by molar-refractivity contribution is 7.91. The van der Waals surface area contributed by atoms with Crippen molar-refractivity contribution in [1.82, 2.24) is 5.32 Å². The van der Waals surface area contributed by atoms with Crippen molar-refractivity contribution in [2.75, 3.05) is 17.6 Å². The first-order valence-electron chi connectivity index (χ1n) is 9.42. The number of amides is 1. The molecule has 0 aromatic heterocycles. The highest BCUT2D eigenvalue weighted by Gasteiger charge is 2.20. The van der Waals surface area contributed by atoms with E-state index in [0.29, 0.717) is 10.6 Å². The number of nitrogens with one attached hydrogen (secondary N) is 2. The Labute approximate surface area is 161 Å². The van der Waals surface area contributed by atoms with Crippen LogP contribution in [0.4, 0.5) is 5.69 Å². The van der Waals surface area contributed by atoms with Gasteiger partial charge < -0.3 is 10.6 Å². The van der Waals surface area contributed by atoms with Gasteiger partial charge in [0.1, 0.15) is 0 Å². The second-order valence-electron chi connectivity index (χ2n) is 6.88. The van der Waals surface area contributed by atoms with Gasteiger partial charge in [0, 0.05) is 18.7 Å². The highest BCUT2D eigenvalue weighted by Crippen LogP contribution is 2.25. The van der Waals surface area contributed by atoms with Gasteiger partial charge in [-0.05, 0) is 66.8 Å². The Morgan fingerprint density at radius 2 is 1.89 bits per heavy atom. The van der Waals surface area contributed by atoms with Crippen molar-refractivity contribution in [3.05, 3.63) is 59.2 Å². The molecule has 1 aliphatic rings. The van der Waals surface area contributed by atoms with Crippen molar-refractivity contribution < 1.29 is 13.2 Å².